The Morgan fingerprint density at radius 2 is 1.94 bits per heavy atom. The van der Waals surface area contributed by atoms with Gasteiger partial charge in [0.05, 0.1) is 7.11 Å². The molecule has 1 aliphatic carbocycles. The van der Waals surface area contributed by atoms with Crippen molar-refractivity contribution in [1.82, 2.24) is 19.7 Å². The van der Waals surface area contributed by atoms with Crippen molar-refractivity contribution in [2.45, 2.75) is 64.5 Å². The van der Waals surface area contributed by atoms with Gasteiger partial charge in [0, 0.05) is 31.1 Å². The maximum atomic E-state index is 5.61. The lowest BCUT2D eigenvalue weighted by Gasteiger charge is -2.39. The molecule has 5 nitrogen and oxygen atoms in total. The van der Waals surface area contributed by atoms with Gasteiger partial charge in [-0.15, -0.1) is 10.2 Å². The highest BCUT2D eigenvalue weighted by molar-refractivity contribution is 5.54. The molecule has 0 radical (unpaired) electrons. The number of benzene rings is 2. The third-order valence-electron chi connectivity index (χ3n) is 6.93. The van der Waals surface area contributed by atoms with Crippen LogP contribution in [-0.2, 0) is 26.3 Å². The zero-order valence-electron chi connectivity index (χ0n) is 19.9. The van der Waals surface area contributed by atoms with E-state index in [9.17, 15) is 0 Å². The van der Waals surface area contributed by atoms with Crippen LogP contribution in [-0.4, -0.2) is 45.4 Å². The van der Waals surface area contributed by atoms with Crippen LogP contribution in [0, 0.1) is 0 Å². The summed E-state index contributed by atoms with van der Waals surface area (Å²) in [7, 11) is 3.86. The molecule has 0 aliphatic heterocycles. The number of nitrogens with zero attached hydrogens (tertiary/aromatic N) is 4. The van der Waals surface area contributed by atoms with Gasteiger partial charge in [0.2, 0.25) is 0 Å². The molecular formula is C27H36N4O. The second-order valence-corrected chi connectivity index (χ2v) is 8.98. The standard InChI is InChI=1S/C27H36N4O/c1-5-18-31(23-15-16-24-22(19-23)12-9-13-25(24)32-4)20(2)14-17-26-28-29-27(30(26)3)21-10-7-6-8-11-21/h6-13,20,23H,5,14-19H2,1-4H3. The van der Waals surface area contributed by atoms with E-state index in [1.54, 1.807) is 7.11 Å². The summed E-state index contributed by atoms with van der Waals surface area (Å²) in [4.78, 5) is 2.73. The van der Waals surface area contributed by atoms with Gasteiger partial charge in [-0.25, -0.2) is 0 Å². The van der Waals surface area contributed by atoms with Crippen LogP contribution in [0.1, 0.15) is 50.1 Å². The largest absolute Gasteiger partial charge is 0.496 e. The van der Waals surface area contributed by atoms with E-state index < -0.39 is 0 Å². The van der Waals surface area contributed by atoms with Crippen LogP contribution in [0.2, 0.25) is 0 Å². The Hall–Kier alpha value is -2.66. The molecule has 2 unspecified atom stereocenters. The van der Waals surface area contributed by atoms with Gasteiger partial charge in [0.25, 0.3) is 0 Å². The third kappa shape index (κ3) is 4.73. The fraction of sp³-hybridized carbons (Fsp3) is 0.481. The maximum Gasteiger partial charge on any atom is 0.163 e. The summed E-state index contributed by atoms with van der Waals surface area (Å²) in [6, 6.07) is 17.9. The third-order valence-corrected chi connectivity index (χ3v) is 6.93. The van der Waals surface area contributed by atoms with Crippen LogP contribution in [0.3, 0.4) is 0 Å². The molecule has 0 saturated heterocycles. The molecule has 32 heavy (non-hydrogen) atoms. The average Bonchev–Trinajstić information content (AvgIpc) is 3.20. The summed E-state index contributed by atoms with van der Waals surface area (Å²) < 4.78 is 7.76. The first-order valence-electron chi connectivity index (χ1n) is 12.0. The normalized spacial score (nSPS) is 16.7. The summed E-state index contributed by atoms with van der Waals surface area (Å²) in [5.41, 5.74) is 3.98. The molecule has 0 amide bonds. The molecule has 170 valence electrons. The van der Waals surface area contributed by atoms with E-state index in [-0.39, 0.29) is 0 Å². The first-order valence-corrected chi connectivity index (χ1v) is 12.0. The van der Waals surface area contributed by atoms with Crippen LogP contribution >= 0.6 is 0 Å². The number of hydrogen-bond acceptors (Lipinski definition) is 4. The minimum absolute atomic E-state index is 0.504. The number of rotatable bonds is 9. The molecule has 1 aliphatic rings. The van der Waals surface area contributed by atoms with Crippen LogP contribution in [0.4, 0.5) is 0 Å². The first-order chi connectivity index (χ1) is 15.6. The van der Waals surface area contributed by atoms with E-state index in [1.165, 1.54) is 24.0 Å². The van der Waals surface area contributed by atoms with Gasteiger partial charge in [0.15, 0.2) is 5.82 Å². The zero-order chi connectivity index (χ0) is 22.5. The van der Waals surface area contributed by atoms with E-state index in [0.717, 1.165) is 55.2 Å². The van der Waals surface area contributed by atoms with E-state index in [0.29, 0.717) is 12.1 Å². The molecule has 0 bridgehead atoms. The molecule has 0 fully saturated rings. The Morgan fingerprint density at radius 1 is 1.12 bits per heavy atom. The maximum absolute atomic E-state index is 5.61. The molecule has 2 atom stereocenters. The highest BCUT2D eigenvalue weighted by atomic mass is 16.5. The smallest absolute Gasteiger partial charge is 0.163 e. The molecule has 1 aromatic heterocycles. The molecule has 0 N–H and O–H groups in total. The Kier molecular flexibility index (Phi) is 7.26. The van der Waals surface area contributed by atoms with Gasteiger partial charge < -0.3 is 9.30 Å². The molecule has 4 rings (SSSR count). The van der Waals surface area contributed by atoms with E-state index in [4.69, 9.17) is 4.74 Å². The predicted octanol–water partition coefficient (Wildman–Crippen LogP) is 5.08. The fourth-order valence-electron chi connectivity index (χ4n) is 5.17. The minimum Gasteiger partial charge on any atom is -0.496 e. The van der Waals surface area contributed by atoms with E-state index >= 15 is 0 Å². The van der Waals surface area contributed by atoms with E-state index in [1.807, 2.05) is 18.2 Å². The Morgan fingerprint density at radius 3 is 2.69 bits per heavy atom. The van der Waals surface area contributed by atoms with Crippen molar-refractivity contribution in [2.24, 2.45) is 7.05 Å². The lowest BCUT2D eigenvalue weighted by atomic mass is 9.86. The highest BCUT2D eigenvalue weighted by Gasteiger charge is 2.28. The summed E-state index contributed by atoms with van der Waals surface area (Å²) in [5.74, 6) is 3.05. The number of methoxy groups -OCH3 is 1. The number of aromatic nitrogens is 3. The van der Waals surface area contributed by atoms with Crippen LogP contribution < -0.4 is 4.74 Å². The average molecular weight is 433 g/mol. The quantitative estimate of drug-likeness (QED) is 0.473. The zero-order valence-corrected chi connectivity index (χ0v) is 19.9. The predicted molar refractivity (Wildman–Crippen MR) is 130 cm³/mol. The lowest BCUT2D eigenvalue weighted by molar-refractivity contribution is 0.123. The van der Waals surface area contributed by atoms with Crippen molar-refractivity contribution >= 4 is 0 Å². The van der Waals surface area contributed by atoms with Crippen LogP contribution in [0.15, 0.2) is 48.5 Å². The SMILES string of the molecule is CCCN(C(C)CCc1nnc(-c2ccccc2)n1C)C1CCc2c(cccc2OC)C1. The van der Waals surface area contributed by atoms with Crippen molar-refractivity contribution in [1.29, 1.82) is 0 Å². The summed E-state index contributed by atoms with van der Waals surface area (Å²) in [6.07, 6.45) is 6.60. The molecular weight excluding hydrogens is 396 g/mol. The number of hydrogen-bond donors (Lipinski definition) is 0. The molecule has 0 saturated carbocycles. The van der Waals surface area contributed by atoms with Crippen molar-refractivity contribution < 1.29 is 4.74 Å². The number of fused-ring (bicyclic) bond motifs is 1. The van der Waals surface area contributed by atoms with Gasteiger partial charge in [-0.2, -0.15) is 0 Å². The molecule has 5 heteroatoms. The van der Waals surface area contributed by atoms with Gasteiger partial charge in [-0.05, 0) is 62.8 Å². The van der Waals surface area contributed by atoms with Crippen LogP contribution in [0.5, 0.6) is 5.75 Å². The topological polar surface area (TPSA) is 43.2 Å². The van der Waals surface area contributed by atoms with Crippen LogP contribution in [0.25, 0.3) is 11.4 Å². The molecule has 2 aromatic carbocycles. The van der Waals surface area contributed by atoms with Gasteiger partial charge >= 0.3 is 0 Å². The number of ether oxygens (including phenoxy) is 1. The highest BCUT2D eigenvalue weighted by Crippen LogP contribution is 2.32. The molecule has 0 spiro atoms. The van der Waals surface area contributed by atoms with Crippen molar-refractivity contribution in [3.05, 3.63) is 65.5 Å². The molecule has 3 aromatic rings. The summed E-state index contributed by atoms with van der Waals surface area (Å²) >= 11 is 0. The van der Waals surface area contributed by atoms with E-state index in [2.05, 4.69) is 70.9 Å². The Labute approximate surface area is 192 Å². The fourth-order valence-corrected chi connectivity index (χ4v) is 5.17. The first kappa shape index (κ1) is 22.5. The summed E-state index contributed by atoms with van der Waals surface area (Å²) in [5, 5.41) is 8.98. The lowest BCUT2D eigenvalue weighted by Crippen LogP contribution is -2.45. The minimum atomic E-state index is 0.504. The van der Waals surface area contributed by atoms with Crippen molar-refractivity contribution in [3.8, 4) is 17.1 Å². The van der Waals surface area contributed by atoms with Gasteiger partial charge in [-0.3, -0.25) is 4.90 Å². The second-order valence-electron chi connectivity index (χ2n) is 8.98. The number of aryl methyl sites for hydroxylation is 1. The van der Waals surface area contributed by atoms with Gasteiger partial charge in [0.1, 0.15) is 11.6 Å². The second kappa shape index (κ2) is 10.3. The van der Waals surface area contributed by atoms with Crippen molar-refractivity contribution in [2.75, 3.05) is 13.7 Å². The molecule has 1 heterocycles. The Balaban J connectivity index is 1.43. The van der Waals surface area contributed by atoms with Crippen molar-refractivity contribution in [3.63, 3.8) is 0 Å². The monoisotopic (exact) mass is 432 g/mol. The Bertz CT molecular complexity index is 1010. The summed E-state index contributed by atoms with van der Waals surface area (Å²) in [6.45, 7) is 5.80. The van der Waals surface area contributed by atoms with Gasteiger partial charge in [-0.1, -0.05) is 49.4 Å².